The third kappa shape index (κ3) is 5.54. The van der Waals surface area contributed by atoms with Gasteiger partial charge in [0.1, 0.15) is 0 Å². The van der Waals surface area contributed by atoms with Gasteiger partial charge in [0.15, 0.2) is 0 Å². The van der Waals surface area contributed by atoms with Crippen LogP contribution in [-0.2, 0) is 0 Å². The zero-order chi connectivity index (χ0) is 38.4. The van der Waals surface area contributed by atoms with E-state index in [9.17, 15) is 0 Å². The SMILES string of the molecule is c1ccc(N(c2ccccc2)c2ccc3c(c2)c2ccccc2n3-c2ccc(-n3c4ccccc4c4ccccc43)cc2N(c2ccccc2)c2ccccc2)cc1. The van der Waals surface area contributed by atoms with Crippen molar-refractivity contribution >= 4 is 77.7 Å². The zero-order valence-electron chi connectivity index (χ0n) is 31.7. The van der Waals surface area contributed by atoms with E-state index in [0.29, 0.717) is 0 Å². The number of fused-ring (bicyclic) bond motifs is 6. The normalized spacial score (nSPS) is 11.4. The Kier molecular flexibility index (Phi) is 8.11. The van der Waals surface area contributed by atoms with Gasteiger partial charge in [-0.1, -0.05) is 127 Å². The Labute approximate surface area is 337 Å². The molecule has 2 aromatic heterocycles. The molecule has 0 N–H and O–H groups in total. The van der Waals surface area contributed by atoms with Crippen LogP contribution in [0.4, 0.5) is 34.1 Å². The molecule has 274 valence electrons. The number of hydrogen-bond donors (Lipinski definition) is 0. The molecule has 0 atom stereocenters. The highest BCUT2D eigenvalue weighted by atomic mass is 15.2. The van der Waals surface area contributed by atoms with E-state index in [0.717, 1.165) is 56.5 Å². The van der Waals surface area contributed by atoms with Gasteiger partial charge in [-0.05, 0) is 103 Å². The van der Waals surface area contributed by atoms with Gasteiger partial charge in [0.25, 0.3) is 0 Å². The lowest BCUT2D eigenvalue weighted by atomic mass is 10.1. The molecule has 0 aliphatic rings. The molecular formula is C54H38N4. The number of rotatable bonds is 8. The van der Waals surface area contributed by atoms with Crippen molar-refractivity contribution in [2.45, 2.75) is 0 Å². The van der Waals surface area contributed by atoms with Crippen LogP contribution in [0.5, 0.6) is 0 Å². The summed E-state index contributed by atoms with van der Waals surface area (Å²) in [5.74, 6) is 0. The van der Waals surface area contributed by atoms with Crippen LogP contribution in [0, 0.1) is 0 Å². The van der Waals surface area contributed by atoms with Gasteiger partial charge in [-0.25, -0.2) is 0 Å². The van der Waals surface area contributed by atoms with E-state index in [1.807, 2.05) is 0 Å². The van der Waals surface area contributed by atoms with Crippen LogP contribution < -0.4 is 9.80 Å². The Hall–Kier alpha value is -7.82. The van der Waals surface area contributed by atoms with Crippen LogP contribution in [-0.4, -0.2) is 9.13 Å². The zero-order valence-corrected chi connectivity index (χ0v) is 31.7. The predicted octanol–water partition coefficient (Wildman–Crippen LogP) is 14.8. The highest BCUT2D eigenvalue weighted by Crippen LogP contribution is 2.45. The first kappa shape index (κ1) is 33.5. The van der Waals surface area contributed by atoms with Gasteiger partial charge in [0.05, 0.1) is 33.4 Å². The molecule has 11 aromatic rings. The van der Waals surface area contributed by atoms with Crippen LogP contribution >= 0.6 is 0 Å². The Morgan fingerprint density at radius 1 is 0.259 bits per heavy atom. The van der Waals surface area contributed by atoms with Crippen molar-refractivity contribution in [3.63, 3.8) is 0 Å². The lowest BCUT2D eigenvalue weighted by Gasteiger charge is -2.29. The van der Waals surface area contributed by atoms with Crippen molar-refractivity contribution in [3.05, 3.63) is 231 Å². The number of para-hydroxylation sites is 7. The second kappa shape index (κ2) is 14.0. The van der Waals surface area contributed by atoms with Crippen molar-refractivity contribution in [1.29, 1.82) is 0 Å². The van der Waals surface area contributed by atoms with Crippen LogP contribution in [0.15, 0.2) is 231 Å². The Bertz CT molecular complexity index is 3090. The molecule has 0 aliphatic carbocycles. The van der Waals surface area contributed by atoms with Crippen molar-refractivity contribution < 1.29 is 0 Å². The molecule has 0 aliphatic heterocycles. The minimum Gasteiger partial charge on any atom is -0.310 e. The van der Waals surface area contributed by atoms with Gasteiger partial charge in [0.2, 0.25) is 0 Å². The first-order valence-corrected chi connectivity index (χ1v) is 19.8. The monoisotopic (exact) mass is 742 g/mol. The quantitative estimate of drug-likeness (QED) is 0.154. The molecule has 0 fully saturated rings. The van der Waals surface area contributed by atoms with E-state index in [-0.39, 0.29) is 0 Å². The summed E-state index contributed by atoms with van der Waals surface area (Å²) in [5.41, 5.74) is 13.4. The average molecular weight is 743 g/mol. The molecule has 0 radical (unpaired) electrons. The van der Waals surface area contributed by atoms with Crippen LogP contribution in [0.3, 0.4) is 0 Å². The fourth-order valence-electron chi connectivity index (χ4n) is 8.76. The molecule has 0 saturated carbocycles. The smallest absolute Gasteiger partial charge is 0.0723 e. The van der Waals surface area contributed by atoms with E-state index >= 15 is 0 Å². The van der Waals surface area contributed by atoms with E-state index in [4.69, 9.17) is 0 Å². The topological polar surface area (TPSA) is 16.3 Å². The van der Waals surface area contributed by atoms with Crippen LogP contribution in [0.25, 0.3) is 55.0 Å². The van der Waals surface area contributed by atoms with Gasteiger partial charge < -0.3 is 18.9 Å². The van der Waals surface area contributed by atoms with Gasteiger partial charge in [0, 0.05) is 55.7 Å². The van der Waals surface area contributed by atoms with E-state index in [1.54, 1.807) is 0 Å². The number of benzene rings is 9. The number of aromatic nitrogens is 2. The molecule has 0 unspecified atom stereocenters. The molecule has 4 nitrogen and oxygen atoms in total. The summed E-state index contributed by atoms with van der Waals surface area (Å²) < 4.78 is 4.86. The molecular weight excluding hydrogens is 705 g/mol. The maximum absolute atomic E-state index is 2.45. The third-order valence-electron chi connectivity index (χ3n) is 11.3. The summed E-state index contributed by atoms with van der Waals surface area (Å²) in [6.07, 6.45) is 0. The molecule has 58 heavy (non-hydrogen) atoms. The lowest BCUT2D eigenvalue weighted by Crippen LogP contribution is -2.14. The molecule has 0 saturated heterocycles. The first-order valence-electron chi connectivity index (χ1n) is 19.8. The summed E-state index contributed by atoms with van der Waals surface area (Å²) in [7, 11) is 0. The van der Waals surface area contributed by atoms with Crippen molar-refractivity contribution in [2.24, 2.45) is 0 Å². The summed E-state index contributed by atoms with van der Waals surface area (Å²) in [5, 5.41) is 4.87. The molecule has 11 rings (SSSR count). The highest BCUT2D eigenvalue weighted by molar-refractivity contribution is 6.12. The third-order valence-corrected chi connectivity index (χ3v) is 11.3. The van der Waals surface area contributed by atoms with Gasteiger partial charge in [-0.15, -0.1) is 0 Å². The number of hydrogen-bond acceptors (Lipinski definition) is 2. The van der Waals surface area contributed by atoms with E-state index < -0.39 is 0 Å². The minimum atomic E-state index is 1.07. The second-order valence-corrected chi connectivity index (χ2v) is 14.6. The summed E-state index contributed by atoms with van der Waals surface area (Å²) >= 11 is 0. The van der Waals surface area contributed by atoms with Crippen LogP contribution in [0.1, 0.15) is 0 Å². The number of nitrogens with zero attached hydrogens (tertiary/aromatic N) is 4. The summed E-state index contributed by atoms with van der Waals surface area (Å²) in [6, 6.07) is 82.8. The molecule has 0 bridgehead atoms. The largest absolute Gasteiger partial charge is 0.310 e. The Morgan fingerprint density at radius 3 is 1.16 bits per heavy atom. The van der Waals surface area contributed by atoms with E-state index in [2.05, 4.69) is 249 Å². The average Bonchev–Trinajstić information content (AvgIpc) is 3.81. The molecule has 9 aromatic carbocycles. The fraction of sp³-hybridized carbons (Fsp3) is 0. The van der Waals surface area contributed by atoms with Crippen molar-refractivity contribution in [2.75, 3.05) is 9.80 Å². The van der Waals surface area contributed by atoms with Crippen molar-refractivity contribution in [1.82, 2.24) is 9.13 Å². The maximum Gasteiger partial charge on any atom is 0.0723 e. The predicted molar refractivity (Wildman–Crippen MR) is 244 cm³/mol. The Balaban J connectivity index is 1.20. The summed E-state index contributed by atoms with van der Waals surface area (Å²) in [6.45, 7) is 0. The highest BCUT2D eigenvalue weighted by Gasteiger charge is 2.23. The first-order chi connectivity index (χ1) is 28.8. The minimum absolute atomic E-state index is 1.07. The standard InChI is InChI=1S/C54H38N4/c1-5-19-39(20-6-1)55(40-21-7-2-8-22-40)43-33-35-52-48(37-43)47-29-15-18-32-51(47)58(52)53-36-34-44(57-49-30-16-13-27-45(49)46-28-14-17-31-50(46)57)38-54(53)56(41-23-9-3-10-24-41)42-25-11-4-12-26-42/h1-38H. The molecule has 0 amide bonds. The van der Waals surface area contributed by atoms with Gasteiger partial charge >= 0.3 is 0 Å². The Morgan fingerprint density at radius 2 is 0.655 bits per heavy atom. The van der Waals surface area contributed by atoms with Gasteiger partial charge in [-0.2, -0.15) is 0 Å². The van der Waals surface area contributed by atoms with Crippen LogP contribution in [0.2, 0.25) is 0 Å². The van der Waals surface area contributed by atoms with E-state index in [1.165, 1.54) is 32.6 Å². The summed E-state index contributed by atoms with van der Waals surface area (Å²) in [4.78, 5) is 4.73. The van der Waals surface area contributed by atoms with Gasteiger partial charge in [-0.3, -0.25) is 0 Å². The lowest BCUT2D eigenvalue weighted by molar-refractivity contribution is 1.12. The number of anilines is 6. The maximum atomic E-state index is 2.45. The van der Waals surface area contributed by atoms with Crippen molar-refractivity contribution in [3.8, 4) is 11.4 Å². The molecule has 4 heteroatoms. The molecule has 2 heterocycles. The second-order valence-electron chi connectivity index (χ2n) is 14.6. The molecule has 0 spiro atoms. The fourth-order valence-corrected chi connectivity index (χ4v) is 8.76.